The van der Waals surface area contributed by atoms with Crippen LogP contribution < -0.4 is 18.9 Å². The van der Waals surface area contributed by atoms with Gasteiger partial charge in [-0.25, -0.2) is 0 Å². The van der Waals surface area contributed by atoms with Crippen molar-refractivity contribution in [2.24, 2.45) is 0 Å². The largest absolute Gasteiger partial charge is 0.493 e. The lowest BCUT2D eigenvalue weighted by atomic mass is 10.00. The SMILES string of the molecule is CC1O[Si](C)(C)CCCO[C@@H]2CCOc3ccc4cc(-c5ccccc5)c(cc4c3)OCCOCCOCCOCCOCCOc3cc4cc(ccc4cc3-c3ccccc3)OCC[C@H]2OCCC[Si](C)(C)OC1C. The van der Waals surface area contributed by atoms with Gasteiger partial charge in [0.15, 0.2) is 16.6 Å². The minimum Gasteiger partial charge on any atom is -0.493 e. The van der Waals surface area contributed by atoms with E-state index in [0.717, 1.165) is 91.7 Å². The first-order valence-electron chi connectivity index (χ1n) is 27.7. The fourth-order valence-corrected chi connectivity index (χ4v) is 14.5. The number of hydrogen-bond acceptors (Lipinski definition) is 12. The number of ether oxygens (including phenoxy) is 10. The molecule has 0 spiro atoms. The summed E-state index contributed by atoms with van der Waals surface area (Å²) in [6, 6.07) is 43.8. The van der Waals surface area contributed by atoms with Gasteiger partial charge < -0.3 is 56.2 Å². The van der Waals surface area contributed by atoms with Crippen molar-refractivity contribution < 1.29 is 56.2 Å². The molecule has 2 aliphatic rings. The maximum atomic E-state index is 6.90. The van der Waals surface area contributed by atoms with Crippen LogP contribution in [0.2, 0.25) is 38.3 Å². The normalized spacial score (nSPS) is 23.1. The molecule has 2 heterocycles. The monoisotopic (exact) mass is 1070 g/mol. The minimum absolute atomic E-state index is 0.0294. The predicted molar refractivity (Wildman–Crippen MR) is 308 cm³/mol. The lowest BCUT2D eigenvalue weighted by Gasteiger charge is -2.35. The quantitative estimate of drug-likeness (QED) is 0.154. The van der Waals surface area contributed by atoms with Crippen LogP contribution in [0.4, 0.5) is 0 Å². The van der Waals surface area contributed by atoms with Crippen molar-refractivity contribution in [3.8, 4) is 45.3 Å². The first-order chi connectivity index (χ1) is 37.0. The summed E-state index contributed by atoms with van der Waals surface area (Å²) < 4.78 is 76.8. The molecule has 0 radical (unpaired) electrons. The van der Waals surface area contributed by atoms with Crippen molar-refractivity contribution in [1.29, 1.82) is 0 Å². The Morgan fingerprint density at radius 3 is 1.14 bits per heavy atom. The molecule has 14 heteroatoms. The van der Waals surface area contributed by atoms with E-state index in [1.54, 1.807) is 0 Å². The Hall–Kier alpha value is -4.85. The maximum Gasteiger partial charge on any atom is 0.187 e. The van der Waals surface area contributed by atoms with Gasteiger partial charge in [-0.3, -0.25) is 0 Å². The Labute approximate surface area is 453 Å². The van der Waals surface area contributed by atoms with E-state index in [2.05, 4.69) is 113 Å². The molecule has 6 aromatic rings. The minimum atomic E-state index is -2.01. The van der Waals surface area contributed by atoms with Crippen molar-refractivity contribution in [3.63, 3.8) is 0 Å². The summed E-state index contributed by atoms with van der Waals surface area (Å²) in [5.41, 5.74) is 4.20. The zero-order chi connectivity index (χ0) is 53.0. The van der Waals surface area contributed by atoms with E-state index in [1.165, 1.54) is 0 Å². The van der Waals surface area contributed by atoms with E-state index < -0.39 is 16.6 Å². The molecule has 76 heavy (non-hydrogen) atoms. The molecule has 4 atom stereocenters. The maximum absolute atomic E-state index is 6.90. The molecule has 6 bridgehead atoms. The average Bonchev–Trinajstić information content (AvgIpc) is 3.41. The molecule has 6 aromatic carbocycles. The molecule has 0 aliphatic carbocycles. The van der Waals surface area contributed by atoms with Crippen LogP contribution in [-0.2, 0) is 37.3 Å². The molecule has 1 saturated heterocycles. The molecule has 2 unspecified atom stereocenters. The van der Waals surface area contributed by atoms with Gasteiger partial charge >= 0.3 is 0 Å². The highest BCUT2D eigenvalue weighted by Crippen LogP contribution is 2.38. The van der Waals surface area contributed by atoms with Crippen LogP contribution in [0.5, 0.6) is 23.0 Å². The third-order valence-electron chi connectivity index (χ3n) is 14.0. The van der Waals surface area contributed by atoms with Crippen molar-refractivity contribution >= 4 is 38.2 Å². The topological polar surface area (TPSA) is 111 Å². The summed E-state index contributed by atoms with van der Waals surface area (Å²) in [4.78, 5) is 0. The van der Waals surface area contributed by atoms with Crippen LogP contribution in [0.3, 0.4) is 0 Å². The van der Waals surface area contributed by atoms with Crippen molar-refractivity contribution in [2.45, 2.75) is 102 Å². The standard InChI is InChI=1S/C62H82O12Si2/c1-47-48(2)74-76(5,6)40-14-26-70-60-24-28-68-56-22-20-52-44-58(50-17-11-8-12-18-50)62(46-54(52)42-56)72-38-36-66-34-32-64-30-29-63-31-33-65-35-37-71-61-45-53-41-55(21-19-51(53)43-57(61)49-15-9-7-10-16-49)67-27-23-59(60)69-25-13-39-75(3,4)73-47/h7-12,15-22,41-48,59-60H,13-14,23-40H2,1-6H3/t47?,48?,59-,60-/m1/s1. The molecule has 0 amide bonds. The molecule has 410 valence electrons. The number of benzene rings is 6. The van der Waals surface area contributed by atoms with Gasteiger partial charge in [-0.2, -0.15) is 0 Å². The van der Waals surface area contributed by atoms with Crippen LogP contribution in [-0.4, -0.2) is 134 Å². The van der Waals surface area contributed by atoms with Gasteiger partial charge in [0, 0.05) is 37.2 Å². The molecular formula is C62H82O12Si2. The molecule has 0 aromatic heterocycles. The van der Waals surface area contributed by atoms with Crippen LogP contribution in [0, 0.1) is 0 Å². The highest BCUT2D eigenvalue weighted by atomic mass is 28.4. The van der Waals surface area contributed by atoms with Crippen LogP contribution in [0.25, 0.3) is 43.8 Å². The highest BCUT2D eigenvalue weighted by Gasteiger charge is 2.33. The zero-order valence-corrected chi connectivity index (χ0v) is 47.9. The summed E-state index contributed by atoms with van der Waals surface area (Å²) in [7, 11) is -4.03. The van der Waals surface area contributed by atoms with Crippen LogP contribution >= 0.6 is 0 Å². The Kier molecular flexibility index (Phi) is 22.0. The Morgan fingerprint density at radius 1 is 0.368 bits per heavy atom. The second-order valence-electron chi connectivity index (χ2n) is 21.1. The lowest BCUT2D eigenvalue weighted by Crippen LogP contribution is -2.44. The fraction of sp³-hybridized carbons (Fsp3) is 0.484. The Balaban J connectivity index is 1.04. The van der Waals surface area contributed by atoms with Gasteiger partial charge in [0.2, 0.25) is 0 Å². The first kappa shape index (κ1) is 57.3. The smallest absolute Gasteiger partial charge is 0.187 e. The van der Waals surface area contributed by atoms with E-state index in [9.17, 15) is 0 Å². The average molecular weight is 1080 g/mol. The van der Waals surface area contributed by atoms with Crippen molar-refractivity contribution in [3.05, 3.63) is 121 Å². The van der Waals surface area contributed by atoms with Crippen molar-refractivity contribution in [2.75, 3.05) is 92.5 Å². The number of fused-ring (bicyclic) bond motifs is 5. The molecule has 12 nitrogen and oxygen atoms in total. The molecule has 2 aliphatic heterocycles. The summed E-state index contributed by atoms with van der Waals surface area (Å²) in [6.45, 7) is 20.0. The fourth-order valence-electron chi connectivity index (χ4n) is 9.92. The Bertz CT molecular complexity index is 2490. The van der Waals surface area contributed by atoms with E-state index in [0.29, 0.717) is 105 Å². The van der Waals surface area contributed by atoms with Crippen LogP contribution in [0.1, 0.15) is 39.5 Å². The van der Waals surface area contributed by atoms with E-state index in [1.807, 2.05) is 48.5 Å². The predicted octanol–water partition coefficient (Wildman–Crippen LogP) is 13.2. The first-order valence-corrected chi connectivity index (χ1v) is 33.9. The van der Waals surface area contributed by atoms with Gasteiger partial charge in [0.05, 0.1) is 90.5 Å². The van der Waals surface area contributed by atoms with Crippen LogP contribution in [0.15, 0.2) is 121 Å². The van der Waals surface area contributed by atoms with Gasteiger partial charge in [-0.1, -0.05) is 72.8 Å². The van der Waals surface area contributed by atoms with E-state index >= 15 is 0 Å². The van der Waals surface area contributed by atoms with Gasteiger partial charge in [0.1, 0.15) is 36.2 Å². The summed E-state index contributed by atoms with van der Waals surface area (Å²) in [5, 5.41) is 4.23. The third-order valence-corrected chi connectivity index (χ3v) is 19.1. The van der Waals surface area contributed by atoms with E-state index in [4.69, 9.17) is 56.2 Å². The zero-order valence-electron chi connectivity index (χ0n) is 45.9. The summed E-state index contributed by atoms with van der Waals surface area (Å²) in [5.74, 6) is 3.12. The molecule has 8 rings (SSSR count). The number of rotatable bonds is 2. The second-order valence-corrected chi connectivity index (χ2v) is 29.6. The Morgan fingerprint density at radius 2 is 0.750 bits per heavy atom. The summed E-state index contributed by atoms with van der Waals surface area (Å²) in [6.07, 6.45) is 2.62. The lowest BCUT2D eigenvalue weighted by molar-refractivity contribution is -0.0864. The molecular weight excluding hydrogens is 993 g/mol. The van der Waals surface area contributed by atoms with Gasteiger partial charge in [-0.15, -0.1) is 0 Å². The van der Waals surface area contributed by atoms with Gasteiger partial charge in [0.25, 0.3) is 0 Å². The second kappa shape index (κ2) is 29.2. The molecule has 0 N–H and O–H groups in total. The van der Waals surface area contributed by atoms with E-state index in [-0.39, 0.29) is 24.4 Å². The summed E-state index contributed by atoms with van der Waals surface area (Å²) >= 11 is 0. The third kappa shape index (κ3) is 17.8. The molecule has 0 saturated carbocycles. The van der Waals surface area contributed by atoms with Crippen molar-refractivity contribution in [1.82, 2.24) is 0 Å². The molecule has 1 fully saturated rings. The van der Waals surface area contributed by atoms with Gasteiger partial charge in [-0.05, 0) is 146 Å². The number of hydrogen-bond donors (Lipinski definition) is 0. The highest BCUT2D eigenvalue weighted by molar-refractivity contribution is 6.71.